The molecule has 0 radical (unpaired) electrons. The fourth-order valence-electron chi connectivity index (χ4n) is 4.46. The van der Waals surface area contributed by atoms with Crippen LogP contribution in [0.15, 0.2) is 24.3 Å². The third-order valence-corrected chi connectivity index (χ3v) is 5.99. The molecule has 1 aliphatic heterocycles. The van der Waals surface area contributed by atoms with Gasteiger partial charge in [-0.1, -0.05) is 45.2 Å². The molecule has 26 heavy (non-hydrogen) atoms. The number of benzene rings is 1. The van der Waals surface area contributed by atoms with Crippen molar-refractivity contribution in [3.63, 3.8) is 0 Å². The van der Waals surface area contributed by atoms with Crippen molar-refractivity contribution >= 4 is 0 Å². The first kappa shape index (κ1) is 17.6. The Morgan fingerprint density at radius 1 is 1.00 bits per heavy atom. The van der Waals surface area contributed by atoms with Crippen LogP contribution in [0.25, 0.3) is 5.69 Å². The van der Waals surface area contributed by atoms with Crippen molar-refractivity contribution in [1.29, 1.82) is 0 Å². The Labute approximate surface area is 155 Å². The van der Waals surface area contributed by atoms with Crippen LogP contribution in [0.3, 0.4) is 0 Å². The minimum absolute atomic E-state index is 0.0672. The Morgan fingerprint density at radius 2 is 1.69 bits per heavy atom. The molecule has 0 spiro atoms. The summed E-state index contributed by atoms with van der Waals surface area (Å²) in [6.07, 6.45) is 6.01. The normalized spacial score (nSPS) is 21.2. The van der Waals surface area contributed by atoms with Crippen LogP contribution in [0.2, 0.25) is 0 Å². The molecule has 1 aliphatic carbocycles. The molecule has 1 saturated carbocycles. The molecule has 6 nitrogen and oxygen atoms in total. The Balaban J connectivity index is 1.72. The van der Waals surface area contributed by atoms with E-state index in [2.05, 4.69) is 58.5 Å². The summed E-state index contributed by atoms with van der Waals surface area (Å²) in [5.41, 5.74) is 2.32. The minimum atomic E-state index is -0.0672. The summed E-state index contributed by atoms with van der Waals surface area (Å²) in [5, 5.41) is 13.0. The summed E-state index contributed by atoms with van der Waals surface area (Å²) in [7, 11) is 0. The molecule has 2 aliphatic rings. The lowest BCUT2D eigenvalue weighted by Crippen LogP contribution is -2.53. The van der Waals surface area contributed by atoms with E-state index in [-0.39, 0.29) is 5.54 Å². The molecule has 6 heteroatoms. The molecule has 0 unspecified atom stereocenters. The van der Waals surface area contributed by atoms with Crippen molar-refractivity contribution in [3.05, 3.63) is 35.7 Å². The second-order valence-corrected chi connectivity index (χ2v) is 7.85. The number of aromatic nitrogens is 4. The summed E-state index contributed by atoms with van der Waals surface area (Å²) in [4.78, 5) is 2.57. The zero-order chi connectivity index (χ0) is 18.0. The van der Waals surface area contributed by atoms with Gasteiger partial charge in [-0.05, 0) is 46.9 Å². The second kappa shape index (κ2) is 7.45. The van der Waals surface area contributed by atoms with Crippen LogP contribution in [-0.2, 0) is 10.3 Å². The Bertz CT molecular complexity index is 712. The van der Waals surface area contributed by atoms with E-state index >= 15 is 0 Å². The van der Waals surface area contributed by atoms with Crippen molar-refractivity contribution in [2.24, 2.45) is 0 Å². The maximum atomic E-state index is 5.60. The van der Waals surface area contributed by atoms with Gasteiger partial charge in [0.2, 0.25) is 0 Å². The van der Waals surface area contributed by atoms with Gasteiger partial charge in [0.15, 0.2) is 5.82 Å². The number of tetrazole rings is 1. The van der Waals surface area contributed by atoms with E-state index in [9.17, 15) is 0 Å². The van der Waals surface area contributed by atoms with Gasteiger partial charge in [-0.25, -0.2) is 0 Å². The molecule has 0 atom stereocenters. The van der Waals surface area contributed by atoms with Gasteiger partial charge in [-0.2, -0.15) is 4.68 Å². The molecule has 2 heterocycles. The van der Waals surface area contributed by atoms with Crippen LogP contribution in [0.1, 0.15) is 63.3 Å². The molecule has 2 fully saturated rings. The van der Waals surface area contributed by atoms with E-state index in [4.69, 9.17) is 4.74 Å². The molecule has 1 aromatic heterocycles. The van der Waals surface area contributed by atoms with Gasteiger partial charge in [-0.15, -0.1) is 5.10 Å². The van der Waals surface area contributed by atoms with Crippen molar-refractivity contribution in [3.8, 4) is 5.69 Å². The molecule has 4 rings (SSSR count). The van der Waals surface area contributed by atoms with Crippen molar-refractivity contribution in [2.75, 3.05) is 26.3 Å². The number of hydrogen-bond acceptors (Lipinski definition) is 5. The molecule has 1 aromatic carbocycles. The number of hydrogen-bond donors (Lipinski definition) is 0. The van der Waals surface area contributed by atoms with Crippen LogP contribution in [0, 0.1) is 0 Å². The van der Waals surface area contributed by atoms with Crippen LogP contribution in [-0.4, -0.2) is 51.4 Å². The van der Waals surface area contributed by atoms with Crippen LogP contribution in [0.5, 0.6) is 0 Å². The number of nitrogens with zero attached hydrogens (tertiary/aromatic N) is 5. The van der Waals surface area contributed by atoms with Gasteiger partial charge < -0.3 is 4.74 Å². The van der Waals surface area contributed by atoms with Crippen LogP contribution < -0.4 is 0 Å². The lowest BCUT2D eigenvalue weighted by Gasteiger charge is -2.46. The SMILES string of the molecule is CC(C)c1ccc(-n2nnnc2C2(N3CCOCC3)CCCCC2)cc1. The maximum Gasteiger partial charge on any atom is 0.176 e. The van der Waals surface area contributed by atoms with Crippen LogP contribution >= 0.6 is 0 Å². The first-order chi connectivity index (χ1) is 12.7. The van der Waals surface area contributed by atoms with Gasteiger partial charge in [0.1, 0.15) is 0 Å². The van der Waals surface area contributed by atoms with E-state index in [1.807, 2.05) is 4.68 Å². The average Bonchev–Trinajstić information content (AvgIpc) is 3.20. The van der Waals surface area contributed by atoms with E-state index in [1.165, 1.54) is 24.8 Å². The van der Waals surface area contributed by atoms with Crippen molar-refractivity contribution < 1.29 is 4.74 Å². The summed E-state index contributed by atoms with van der Waals surface area (Å²) in [6, 6.07) is 8.66. The molecule has 1 saturated heterocycles. The van der Waals surface area contributed by atoms with Gasteiger partial charge >= 0.3 is 0 Å². The van der Waals surface area contributed by atoms with Gasteiger partial charge in [-0.3, -0.25) is 4.90 Å². The van der Waals surface area contributed by atoms with Crippen molar-refractivity contribution in [1.82, 2.24) is 25.1 Å². The molecular weight excluding hydrogens is 326 g/mol. The fourth-order valence-corrected chi connectivity index (χ4v) is 4.46. The number of rotatable bonds is 4. The maximum absolute atomic E-state index is 5.60. The lowest BCUT2D eigenvalue weighted by atomic mass is 9.79. The van der Waals surface area contributed by atoms with E-state index in [0.29, 0.717) is 5.92 Å². The third kappa shape index (κ3) is 3.16. The first-order valence-corrected chi connectivity index (χ1v) is 9.93. The van der Waals surface area contributed by atoms with Crippen LogP contribution in [0.4, 0.5) is 0 Å². The molecular formula is C20H29N5O. The first-order valence-electron chi connectivity index (χ1n) is 9.93. The summed E-state index contributed by atoms with van der Waals surface area (Å²) in [5.74, 6) is 1.52. The predicted octanol–water partition coefficient (Wildman–Crippen LogP) is 3.28. The monoisotopic (exact) mass is 355 g/mol. The van der Waals surface area contributed by atoms with Gasteiger partial charge in [0.05, 0.1) is 24.4 Å². The number of ether oxygens (including phenoxy) is 1. The smallest absolute Gasteiger partial charge is 0.176 e. The molecule has 140 valence electrons. The largest absolute Gasteiger partial charge is 0.379 e. The zero-order valence-electron chi connectivity index (χ0n) is 15.9. The Kier molecular flexibility index (Phi) is 5.05. The Hall–Kier alpha value is -1.79. The van der Waals surface area contributed by atoms with Gasteiger partial charge in [0, 0.05) is 13.1 Å². The topological polar surface area (TPSA) is 56.1 Å². The van der Waals surface area contributed by atoms with Gasteiger partial charge in [0.25, 0.3) is 0 Å². The summed E-state index contributed by atoms with van der Waals surface area (Å²) in [6.45, 7) is 7.94. The standard InChI is InChI=1S/C20H29N5O/c1-16(2)17-6-8-18(9-7-17)25-19(21-22-23-25)20(10-4-3-5-11-20)24-12-14-26-15-13-24/h6-9,16H,3-5,10-15H2,1-2H3. The highest BCUT2D eigenvalue weighted by Gasteiger charge is 2.44. The molecule has 0 amide bonds. The van der Waals surface area contributed by atoms with E-state index in [0.717, 1.165) is 50.7 Å². The summed E-state index contributed by atoms with van der Waals surface area (Å²) >= 11 is 0. The molecule has 0 bridgehead atoms. The zero-order valence-corrected chi connectivity index (χ0v) is 15.9. The Morgan fingerprint density at radius 3 is 2.35 bits per heavy atom. The predicted molar refractivity (Wildman–Crippen MR) is 100 cm³/mol. The number of morpholine rings is 1. The summed E-state index contributed by atoms with van der Waals surface area (Å²) < 4.78 is 7.57. The highest BCUT2D eigenvalue weighted by Crippen LogP contribution is 2.42. The molecule has 2 aromatic rings. The molecule has 0 N–H and O–H groups in total. The second-order valence-electron chi connectivity index (χ2n) is 7.85. The van der Waals surface area contributed by atoms with Crippen molar-refractivity contribution in [2.45, 2.75) is 57.4 Å². The third-order valence-electron chi connectivity index (χ3n) is 5.99. The highest BCUT2D eigenvalue weighted by molar-refractivity contribution is 5.36. The van der Waals surface area contributed by atoms with E-state index < -0.39 is 0 Å². The highest BCUT2D eigenvalue weighted by atomic mass is 16.5. The quantitative estimate of drug-likeness (QED) is 0.842. The van der Waals surface area contributed by atoms with E-state index in [1.54, 1.807) is 0 Å². The fraction of sp³-hybridized carbons (Fsp3) is 0.650. The minimum Gasteiger partial charge on any atom is -0.379 e. The lowest BCUT2D eigenvalue weighted by molar-refractivity contribution is -0.0451. The average molecular weight is 355 g/mol.